The maximum Gasteiger partial charge on any atom is 0.167 e. The number of aromatic nitrogens is 9. The zero-order valence-corrected chi connectivity index (χ0v) is 62.4. The van der Waals surface area contributed by atoms with Crippen LogP contribution in [-0.2, 0) is 0 Å². The number of aryl methyl sites for hydroxylation is 4. The van der Waals surface area contributed by atoms with Crippen molar-refractivity contribution in [2.75, 3.05) is 20.3 Å². The molecule has 3 aromatic heterocycles. The van der Waals surface area contributed by atoms with E-state index in [0.717, 1.165) is 86.0 Å². The molecule has 3 heterocycles. The van der Waals surface area contributed by atoms with Crippen molar-refractivity contribution >= 4 is 0 Å². The van der Waals surface area contributed by atoms with Gasteiger partial charge in [-0.25, -0.2) is 44.9 Å². The van der Waals surface area contributed by atoms with Crippen LogP contribution in [0.5, 0.6) is 34.5 Å². The number of hydrogen-bond acceptors (Lipinski definition) is 15. The quantitative estimate of drug-likeness (QED) is 0.0481. The maximum absolute atomic E-state index is 11.0. The van der Waals surface area contributed by atoms with Gasteiger partial charge >= 0.3 is 0 Å². The minimum atomic E-state index is 0.0542. The third-order valence-electron chi connectivity index (χ3n) is 18.6. The van der Waals surface area contributed by atoms with E-state index in [1.54, 1.807) is 43.5 Å². The van der Waals surface area contributed by atoms with Crippen LogP contribution in [-0.4, -0.2) is 80.5 Å². The fourth-order valence-electron chi connectivity index (χ4n) is 12.3. The summed E-state index contributed by atoms with van der Waals surface area (Å²) in [5, 5.41) is 32.4. The standard InChI is InChI=1S/C38H33N3O2.C33H39N3O2.C22H17N3O2/c1-3-26(2)25-43-33-22-23-34(35(42)24-33)38-40-36(31-18-14-29(15-19-31)27-10-6-4-7-11-27)39-37(41-38)32-20-16-30(17-21-32)28-12-8-5-9-13-28;1-6-7-8-9-10-11-18-38-26-14-17-29(30(37)21-26)33-35-31(27-15-12-22(2)19-24(27)4)34-32(36-33)28-16-13-23(3)20-25(28)5;1-27-17-12-13-18(19(26)14-17)22-24-20(15-8-4-2-5-9-15)23-21(25-22)16-10-6-3-7-11-16/h4-24,26,42H,3,25H2,1-2H3;12-17,19-21,37H,6-11,18H2,1-5H3;2-14,26H,1H3. The van der Waals surface area contributed by atoms with Crippen molar-refractivity contribution in [2.45, 2.75) is 93.4 Å². The number of nitrogens with zero attached hydrogens (tertiary/aromatic N) is 9. The highest BCUT2D eigenvalue weighted by molar-refractivity contribution is 5.77. The molecule has 1 atom stereocenters. The Kier molecular flexibility index (Phi) is 25.2. The summed E-state index contributed by atoms with van der Waals surface area (Å²) in [7, 11) is 1.55. The number of rotatable bonds is 24. The molecule has 1 unspecified atom stereocenters. The highest BCUT2D eigenvalue weighted by Gasteiger charge is 2.21. The summed E-state index contributed by atoms with van der Waals surface area (Å²) >= 11 is 0. The van der Waals surface area contributed by atoms with Gasteiger partial charge in [-0.2, -0.15) is 0 Å². The van der Waals surface area contributed by atoms with Gasteiger partial charge in [0.15, 0.2) is 52.4 Å². The molecule has 108 heavy (non-hydrogen) atoms. The van der Waals surface area contributed by atoms with Crippen LogP contribution in [0, 0.1) is 33.6 Å². The average molecular weight is 1430 g/mol. The summed E-state index contributed by atoms with van der Waals surface area (Å²) in [5.41, 5.74) is 16.0. The van der Waals surface area contributed by atoms with E-state index in [1.807, 2.05) is 140 Å². The highest BCUT2D eigenvalue weighted by Crippen LogP contribution is 2.38. The van der Waals surface area contributed by atoms with Gasteiger partial charge in [0.1, 0.15) is 34.5 Å². The number of methoxy groups -OCH3 is 1. The van der Waals surface area contributed by atoms with E-state index in [2.05, 4.69) is 148 Å². The molecule has 14 rings (SSSR count). The van der Waals surface area contributed by atoms with Crippen molar-refractivity contribution < 1.29 is 29.5 Å². The summed E-state index contributed by atoms with van der Waals surface area (Å²) in [5.74, 6) is 7.04. The lowest BCUT2D eigenvalue weighted by atomic mass is 10.0. The van der Waals surface area contributed by atoms with E-state index in [-0.39, 0.29) is 17.2 Å². The monoisotopic (exact) mass is 1430 g/mol. The van der Waals surface area contributed by atoms with Gasteiger partial charge < -0.3 is 29.5 Å². The summed E-state index contributed by atoms with van der Waals surface area (Å²) in [6, 6.07) is 84.5. The summed E-state index contributed by atoms with van der Waals surface area (Å²) in [4.78, 5) is 42.9. The zero-order valence-electron chi connectivity index (χ0n) is 62.4. The normalized spacial score (nSPS) is 11.2. The van der Waals surface area contributed by atoms with E-state index in [1.165, 1.54) is 36.8 Å². The summed E-state index contributed by atoms with van der Waals surface area (Å²) < 4.78 is 17.0. The largest absolute Gasteiger partial charge is 0.507 e. The van der Waals surface area contributed by atoms with Crippen molar-refractivity contribution in [1.82, 2.24) is 44.9 Å². The number of phenols is 3. The SMILES string of the molecule is CCC(C)COc1ccc(-c2nc(-c3ccc(-c4ccccc4)cc3)nc(-c3ccc(-c4ccccc4)cc3)n2)c(O)c1.CCCCCCCCOc1ccc(-c2nc(-c3ccc(C)cc3C)nc(-c3ccc(C)cc3C)n2)c(O)c1.COc1ccc(-c2nc(-c3ccccc3)nc(-c3ccccc3)n2)c(O)c1. The lowest BCUT2D eigenvalue weighted by Gasteiger charge is -2.13. The van der Waals surface area contributed by atoms with Crippen molar-refractivity contribution in [2.24, 2.45) is 5.92 Å². The molecule has 0 aliphatic rings. The Morgan fingerprint density at radius 2 is 0.593 bits per heavy atom. The average Bonchev–Trinajstić information content (AvgIpc) is 0.799. The number of unbranched alkanes of at least 4 members (excludes halogenated alkanes) is 5. The number of phenolic OH excluding ortho intramolecular Hbond substituents is 3. The van der Waals surface area contributed by atoms with Crippen LogP contribution in [0.2, 0.25) is 0 Å². The van der Waals surface area contributed by atoms with Gasteiger partial charge in [-0.05, 0) is 110 Å². The van der Waals surface area contributed by atoms with Crippen molar-refractivity contribution in [3.05, 3.63) is 283 Å². The fourth-order valence-corrected chi connectivity index (χ4v) is 12.3. The molecule has 0 bridgehead atoms. The Hall–Kier alpha value is -12.8. The second kappa shape index (κ2) is 36.3. The Morgan fingerprint density at radius 1 is 0.296 bits per heavy atom. The molecule has 0 amide bonds. The molecule has 3 N–H and O–H groups in total. The Labute approximate surface area is 632 Å². The molecule has 0 aliphatic carbocycles. The van der Waals surface area contributed by atoms with Gasteiger partial charge in [0.25, 0.3) is 0 Å². The topological polar surface area (TPSA) is 204 Å². The molecule has 14 aromatic rings. The molecule has 0 saturated carbocycles. The second-order valence-corrected chi connectivity index (χ2v) is 26.9. The number of benzene rings is 11. The molecular formula is C93H89N9O6. The van der Waals surface area contributed by atoms with Crippen LogP contribution in [0.25, 0.3) is 125 Å². The fraction of sp³-hybridized carbons (Fsp3) is 0.194. The van der Waals surface area contributed by atoms with E-state index in [0.29, 0.717) is 105 Å². The zero-order chi connectivity index (χ0) is 75.3. The lowest BCUT2D eigenvalue weighted by molar-refractivity contribution is 0.255. The smallest absolute Gasteiger partial charge is 0.167 e. The minimum absolute atomic E-state index is 0.0542. The number of ether oxygens (including phenoxy) is 3. The Morgan fingerprint density at radius 3 is 0.963 bits per heavy atom. The van der Waals surface area contributed by atoms with Crippen molar-refractivity contribution in [1.29, 1.82) is 0 Å². The maximum atomic E-state index is 11.0. The van der Waals surface area contributed by atoms with Crippen LogP contribution < -0.4 is 14.2 Å². The first-order chi connectivity index (χ1) is 52.7. The molecule has 0 saturated heterocycles. The predicted molar refractivity (Wildman–Crippen MR) is 434 cm³/mol. The van der Waals surface area contributed by atoms with Gasteiger partial charge in [0.05, 0.1) is 37.0 Å². The third-order valence-corrected chi connectivity index (χ3v) is 18.6. The molecule has 0 radical (unpaired) electrons. The van der Waals surface area contributed by atoms with Crippen molar-refractivity contribution in [3.8, 4) is 159 Å². The lowest BCUT2D eigenvalue weighted by Crippen LogP contribution is -2.07. The molecular weight excluding hydrogens is 1340 g/mol. The second-order valence-electron chi connectivity index (χ2n) is 26.9. The first kappa shape index (κ1) is 74.9. The predicted octanol–water partition coefficient (Wildman–Crippen LogP) is 22.5. The van der Waals surface area contributed by atoms with Crippen LogP contribution in [0.3, 0.4) is 0 Å². The van der Waals surface area contributed by atoms with Crippen molar-refractivity contribution in [3.63, 3.8) is 0 Å². The van der Waals surface area contributed by atoms with Crippen LogP contribution in [0.15, 0.2) is 261 Å². The highest BCUT2D eigenvalue weighted by atomic mass is 16.5. The summed E-state index contributed by atoms with van der Waals surface area (Å²) in [6.07, 6.45) is 8.28. The van der Waals surface area contributed by atoms with Gasteiger partial charge in [-0.1, -0.05) is 277 Å². The first-order valence-corrected chi connectivity index (χ1v) is 36.8. The van der Waals surface area contributed by atoms with Gasteiger partial charge in [0, 0.05) is 51.6 Å². The third kappa shape index (κ3) is 19.4. The first-order valence-electron chi connectivity index (χ1n) is 36.8. The van der Waals surface area contributed by atoms with E-state index < -0.39 is 0 Å². The molecule has 0 fully saturated rings. The van der Waals surface area contributed by atoms with E-state index in [9.17, 15) is 15.3 Å². The Balaban J connectivity index is 0.000000155. The molecule has 542 valence electrons. The minimum Gasteiger partial charge on any atom is -0.507 e. The van der Waals surface area contributed by atoms with Crippen LogP contribution in [0.4, 0.5) is 0 Å². The molecule has 0 spiro atoms. The van der Waals surface area contributed by atoms with Crippen LogP contribution >= 0.6 is 0 Å². The van der Waals surface area contributed by atoms with E-state index >= 15 is 0 Å². The van der Waals surface area contributed by atoms with Gasteiger partial charge in [0.2, 0.25) is 0 Å². The summed E-state index contributed by atoms with van der Waals surface area (Å²) in [6.45, 7) is 16.0. The number of hydrogen-bond donors (Lipinski definition) is 3. The molecule has 0 aliphatic heterocycles. The molecule has 15 heteroatoms. The van der Waals surface area contributed by atoms with Gasteiger partial charge in [-0.3, -0.25) is 0 Å². The van der Waals surface area contributed by atoms with Gasteiger partial charge in [-0.15, -0.1) is 0 Å². The Bertz CT molecular complexity index is 5080. The number of aromatic hydroxyl groups is 3. The van der Waals surface area contributed by atoms with Crippen LogP contribution in [0.1, 0.15) is 88.0 Å². The van der Waals surface area contributed by atoms with E-state index in [4.69, 9.17) is 44.1 Å². The molecule has 15 nitrogen and oxygen atoms in total. The molecule has 11 aromatic carbocycles.